The van der Waals surface area contributed by atoms with Crippen molar-refractivity contribution in [3.8, 4) is 11.5 Å². The molecule has 1 amide bonds. The Bertz CT molecular complexity index is 1110. The summed E-state index contributed by atoms with van der Waals surface area (Å²) in [5.41, 5.74) is -0.483. The van der Waals surface area contributed by atoms with Gasteiger partial charge in [-0.1, -0.05) is 24.6 Å². The number of rotatable bonds is 7. The minimum atomic E-state index is -2.86. The number of halogens is 3. The summed E-state index contributed by atoms with van der Waals surface area (Å²) in [5, 5.41) is 6.91. The van der Waals surface area contributed by atoms with Gasteiger partial charge in [-0.25, -0.2) is 4.39 Å². The molecule has 10 heteroatoms. The van der Waals surface area contributed by atoms with E-state index in [-0.39, 0.29) is 25.5 Å². The van der Waals surface area contributed by atoms with E-state index >= 15 is 4.39 Å². The van der Waals surface area contributed by atoms with Gasteiger partial charge in [0.25, 0.3) is 11.8 Å². The molecule has 33 heavy (non-hydrogen) atoms. The van der Waals surface area contributed by atoms with E-state index in [1.165, 1.54) is 11.1 Å². The van der Waals surface area contributed by atoms with Gasteiger partial charge in [-0.05, 0) is 37.1 Å². The Hall–Kier alpha value is -3.27. The molecule has 0 radical (unpaired) electrons. The van der Waals surface area contributed by atoms with Gasteiger partial charge in [-0.15, -0.1) is 10.2 Å². The number of carbonyl (C=O) groups excluding carboxylic acids is 1. The van der Waals surface area contributed by atoms with Crippen molar-refractivity contribution < 1.29 is 22.4 Å². The molecule has 0 unspecified atom stereocenters. The van der Waals surface area contributed by atoms with Crippen LogP contribution in [0, 0.1) is 0 Å². The van der Waals surface area contributed by atoms with Gasteiger partial charge in [-0.2, -0.15) is 8.78 Å². The van der Waals surface area contributed by atoms with Gasteiger partial charge < -0.3 is 9.32 Å². The number of alkyl halides is 3. The number of carbonyl (C=O) groups is 1. The summed E-state index contributed by atoms with van der Waals surface area (Å²) in [6.07, 6.45) is 1.81. The SMILES string of the molecule is O=C(N(Cc1ccc(-c2nnc(C(F)F)o2)cn1)c1ccccc1)C1(F)CN(C2CCC2)C1. The lowest BCUT2D eigenvalue weighted by molar-refractivity contribution is -0.147. The smallest absolute Gasteiger partial charge is 0.314 e. The maximum Gasteiger partial charge on any atom is 0.314 e. The number of aromatic nitrogens is 3. The monoisotopic (exact) mass is 457 g/mol. The summed E-state index contributed by atoms with van der Waals surface area (Å²) in [6.45, 7) is 0.274. The van der Waals surface area contributed by atoms with Crippen molar-refractivity contribution in [3.63, 3.8) is 0 Å². The van der Waals surface area contributed by atoms with Crippen LogP contribution in [0.4, 0.5) is 18.9 Å². The van der Waals surface area contributed by atoms with E-state index in [0.29, 0.717) is 23.0 Å². The van der Waals surface area contributed by atoms with E-state index in [9.17, 15) is 13.6 Å². The van der Waals surface area contributed by atoms with Gasteiger partial charge in [0.15, 0.2) is 0 Å². The molecule has 5 rings (SSSR count). The summed E-state index contributed by atoms with van der Waals surface area (Å²) in [6, 6.07) is 12.5. The Labute approximate surface area is 188 Å². The van der Waals surface area contributed by atoms with Gasteiger partial charge in [0.2, 0.25) is 11.6 Å². The van der Waals surface area contributed by atoms with Crippen molar-refractivity contribution in [1.29, 1.82) is 0 Å². The van der Waals surface area contributed by atoms with Crippen LogP contribution >= 0.6 is 0 Å². The molecular weight excluding hydrogens is 435 g/mol. The highest BCUT2D eigenvalue weighted by Gasteiger charge is 2.54. The second kappa shape index (κ2) is 8.58. The van der Waals surface area contributed by atoms with E-state index in [1.807, 2.05) is 11.0 Å². The molecular formula is C23H22F3N5O2. The van der Waals surface area contributed by atoms with E-state index in [4.69, 9.17) is 4.42 Å². The molecule has 1 saturated carbocycles. The number of amides is 1. The number of pyridine rings is 1. The van der Waals surface area contributed by atoms with Crippen LogP contribution < -0.4 is 4.90 Å². The Balaban J connectivity index is 1.34. The van der Waals surface area contributed by atoms with Crippen molar-refractivity contribution in [2.24, 2.45) is 0 Å². The Kier molecular flexibility index (Phi) is 5.61. The molecule has 2 aliphatic rings. The summed E-state index contributed by atoms with van der Waals surface area (Å²) in [7, 11) is 0. The highest BCUT2D eigenvalue weighted by atomic mass is 19.3. The number of hydrogen-bond acceptors (Lipinski definition) is 6. The second-order valence-corrected chi connectivity index (χ2v) is 8.47. The number of likely N-dealkylation sites (tertiary alicyclic amines) is 1. The zero-order valence-corrected chi connectivity index (χ0v) is 17.7. The zero-order valence-electron chi connectivity index (χ0n) is 17.7. The summed E-state index contributed by atoms with van der Waals surface area (Å²) in [4.78, 5) is 21.0. The third-order valence-electron chi connectivity index (χ3n) is 6.21. The van der Waals surface area contributed by atoms with Crippen LogP contribution in [-0.4, -0.2) is 50.8 Å². The molecule has 0 atom stereocenters. The fraction of sp³-hybridized carbons (Fsp3) is 0.391. The average molecular weight is 457 g/mol. The van der Waals surface area contributed by atoms with Crippen LogP contribution in [0.3, 0.4) is 0 Å². The van der Waals surface area contributed by atoms with E-state index in [1.54, 1.807) is 36.4 Å². The first-order chi connectivity index (χ1) is 15.9. The van der Waals surface area contributed by atoms with Gasteiger partial charge in [-0.3, -0.25) is 14.7 Å². The van der Waals surface area contributed by atoms with Gasteiger partial charge in [0.05, 0.1) is 17.8 Å². The Morgan fingerprint density at radius 3 is 2.48 bits per heavy atom. The number of hydrogen-bond donors (Lipinski definition) is 0. The predicted molar refractivity (Wildman–Crippen MR) is 113 cm³/mol. The molecule has 1 aliphatic carbocycles. The second-order valence-electron chi connectivity index (χ2n) is 8.47. The van der Waals surface area contributed by atoms with Crippen LogP contribution in [0.5, 0.6) is 0 Å². The maximum absolute atomic E-state index is 15.5. The normalized spacial score (nSPS) is 18.1. The molecule has 1 aromatic carbocycles. The Morgan fingerprint density at radius 1 is 1.15 bits per heavy atom. The van der Waals surface area contributed by atoms with Crippen LogP contribution in [0.2, 0.25) is 0 Å². The number of anilines is 1. The fourth-order valence-corrected chi connectivity index (χ4v) is 4.12. The molecule has 7 nitrogen and oxygen atoms in total. The maximum atomic E-state index is 15.5. The number of nitrogens with zero attached hydrogens (tertiary/aromatic N) is 5. The van der Waals surface area contributed by atoms with Gasteiger partial charge >= 0.3 is 6.43 Å². The molecule has 2 fully saturated rings. The van der Waals surface area contributed by atoms with E-state index < -0.39 is 23.9 Å². The number of benzene rings is 1. The highest BCUT2D eigenvalue weighted by Crippen LogP contribution is 2.37. The van der Waals surface area contributed by atoms with Crippen molar-refractivity contribution in [2.45, 2.75) is 43.9 Å². The molecule has 1 aliphatic heterocycles. The molecule has 3 aromatic rings. The van der Waals surface area contributed by atoms with Crippen molar-refractivity contribution in [2.75, 3.05) is 18.0 Å². The first kappa shape index (κ1) is 21.6. The largest absolute Gasteiger partial charge is 0.415 e. The minimum Gasteiger partial charge on any atom is -0.415 e. The van der Waals surface area contributed by atoms with E-state index in [2.05, 4.69) is 15.2 Å². The first-order valence-corrected chi connectivity index (χ1v) is 10.8. The predicted octanol–water partition coefficient (Wildman–Crippen LogP) is 4.18. The topological polar surface area (TPSA) is 75.4 Å². The molecule has 0 bridgehead atoms. The summed E-state index contributed by atoms with van der Waals surface area (Å²) >= 11 is 0. The highest BCUT2D eigenvalue weighted by molar-refractivity contribution is 6.00. The lowest BCUT2D eigenvalue weighted by Gasteiger charge is -2.51. The quantitative estimate of drug-likeness (QED) is 0.530. The Morgan fingerprint density at radius 2 is 1.91 bits per heavy atom. The lowest BCUT2D eigenvalue weighted by atomic mass is 9.84. The molecule has 1 saturated heterocycles. The standard InChI is InChI=1S/C23H22F3N5O2/c24-19(25)21-29-28-20(33-21)15-9-10-16(27-11-15)12-31(18-5-2-1-3-6-18)22(32)23(26)13-30(14-23)17-7-4-8-17/h1-3,5-6,9-11,17,19H,4,7-8,12-14H2. The van der Waals surface area contributed by atoms with Crippen molar-refractivity contribution in [1.82, 2.24) is 20.1 Å². The number of para-hydroxylation sites is 1. The third kappa shape index (κ3) is 4.22. The summed E-state index contributed by atoms with van der Waals surface area (Å²) in [5.74, 6) is -1.43. The molecule has 2 aromatic heterocycles. The lowest BCUT2D eigenvalue weighted by Crippen LogP contribution is -2.69. The third-order valence-corrected chi connectivity index (χ3v) is 6.21. The molecule has 172 valence electrons. The fourth-order valence-electron chi connectivity index (χ4n) is 4.12. The van der Waals surface area contributed by atoms with Gasteiger partial charge in [0, 0.05) is 31.0 Å². The first-order valence-electron chi connectivity index (χ1n) is 10.8. The molecule has 3 heterocycles. The minimum absolute atomic E-state index is 0.0599. The van der Waals surface area contributed by atoms with E-state index in [0.717, 1.165) is 19.3 Å². The van der Waals surface area contributed by atoms with Crippen LogP contribution in [-0.2, 0) is 11.3 Å². The van der Waals surface area contributed by atoms with Crippen LogP contribution in [0.25, 0.3) is 11.5 Å². The van der Waals surface area contributed by atoms with Crippen molar-refractivity contribution >= 4 is 11.6 Å². The van der Waals surface area contributed by atoms with Crippen molar-refractivity contribution in [3.05, 3.63) is 60.2 Å². The average Bonchev–Trinajstić information content (AvgIpc) is 3.26. The molecule has 0 N–H and O–H groups in total. The zero-order chi connectivity index (χ0) is 23.0. The van der Waals surface area contributed by atoms with Gasteiger partial charge in [0.1, 0.15) is 0 Å². The van der Waals surface area contributed by atoms with Crippen LogP contribution in [0.15, 0.2) is 53.1 Å². The van der Waals surface area contributed by atoms with Crippen LogP contribution in [0.1, 0.15) is 37.3 Å². The molecule has 0 spiro atoms. The summed E-state index contributed by atoms with van der Waals surface area (Å²) < 4.78 is 45.8.